The quantitative estimate of drug-likeness (QED) is 0.812. The van der Waals surface area contributed by atoms with Crippen molar-refractivity contribution in [2.45, 2.75) is 18.8 Å². The van der Waals surface area contributed by atoms with E-state index in [0.717, 1.165) is 16.9 Å². The molecule has 2 aromatic rings. The predicted molar refractivity (Wildman–Crippen MR) is 77.9 cm³/mol. The number of hydrogen-bond acceptors (Lipinski definition) is 2. The number of benzene rings is 1. The molecule has 98 valence electrons. The van der Waals surface area contributed by atoms with E-state index in [1.54, 1.807) is 6.26 Å². The standard InChI is InChI=1S/C12H14Cl2N2OS/c1-8(7-18(2)17)16-11(6-13)15-10-5-3-4-9(14)12(10)16/h3-5,8H,6-7H2,1-2H3. The van der Waals surface area contributed by atoms with Crippen LogP contribution in [0.4, 0.5) is 0 Å². The van der Waals surface area contributed by atoms with Crippen LogP contribution in [0.2, 0.25) is 5.02 Å². The van der Waals surface area contributed by atoms with Crippen molar-refractivity contribution in [2.24, 2.45) is 0 Å². The fraction of sp³-hybridized carbons (Fsp3) is 0.417. The Morgan fingerprint density at radius 2 is 2.22 bits per heavy atom. The van der Waals surface area contributed by atoms with Gasteiger partial charge in [-0.25, -0.2) is 4.98 Å². The fourth-order valence-electron chi connectivity index (χ4n) is 2.14. The molecule has 0 aliphatic heterocycles. The van der Waals surface area contributed by atoms with Gasteiger partial charge in [-0.1, -0.05) is 17.7 Å². The Morgan fingerprint density at radius 3 is 2.83 bits per heavy atom. The van der Waals surface area contributed by atoms with E-state index in [-0.39, 0.29) is 6.04 Å². The molecular formula is C12H14Cl2N2OS. The van der Waals surface area contributed by atoms with Crippen LogP contribution < -0.4 is 0 Å². The molecule has 0 aliphatic rings. The highest BCUT2D eigenvalue weighted by Crippen LogP contribution is 2.28. The Bertz CT molecular complexity index is 597. The van der Waals surface area contributed by atoms with E-state index in [4.69, 9.17) is 23.2 Å². The molecule has 0 saturated heterocycles. The van der Waals surface area contributed by atoms with Crippen molar-refractivity contribution in [1.29, 1.82) is 0 Å². The van der Waals surface area contributed by atoms with Gasteiger partial charge in [0.05, 0.1) is 21.9 Å². The number of halogens is 2. The number of alkyl halides is 1. The average Bonchev–Trinajstić information content (AvgIpc) is 2.68. The molecule has 1 aromatic heterocycles. The molecule has 1 aromatic carbocycles. The number of nitrogens with zero attached hydrogens (tertiary/aromatic N) is 2. The minimum atomic E-state index is -0.875. The second kappa shape index (κ2) is 5.59. The summed E-state index contributed by atoms with van der Waals surface area (Å²) in [4.78, 5) is 4.47. The molecule has 1 heterocycles. The summed E-state index contributed by atoms with van der Waals surface area (Å²) in [5.41, 5.74) is 1.69. The third-order valence-corrected chi connectivity index (χ3v) is 4.27. The van der Waals surface area contributed by atoms with Crippen LogP contribution in [-0.4, -0.2) is 25.8 Å². The molecule has 0 N–H and O–H groups in total. The maximum absolute atomic E-state index is 11.4. The van der Waals surface area contributed by atoms with Crippen molar-refractivity contribution in [3.05, 3.63) is 29.0 Å². The first kappa shape index (κ1) is 13.8. The smallest absolute Gasteiger partial charge is 0.125 e. The first-order valence-electron chi connectivity index (χ1n) is 5.56. The van der Waals surface area contributed by atoms with Crippen molar-refractivity contribution in [1.82, 2.24) is 9.55 Å². The Morgan fingerprint density at radius 1 is 1.50 bits per heavy atom. The van der Waals surface area contributed by atoms with Crippen LogP contribution in [0.25, 0.3) is 11.0 Å². The Hall–Kier alpha value is -0.580. The SMILES string of the molecule is CC(CS(C)=O)n1c(CCl)nc2cccc(Cl)c21. The average molecular weight is 305 g/mol. The summed E-state index contributed by atoms with van der Waals surface area (Å²) in [6.07, 6.45) is 1.69. The highest BCUT2D eigenvalue weighted by molar-refractivity contribution is 7.84. The van der Waals surface area contributed by atoms with Gasteiger partial charge in [-0.05, 0) is 19.1 Å². The van der Waals surface area contributed by atoms with Gasteiger partial charge in [0, 0.05) is 28.9 Å². The number of imidazole rings is 1. The summed E-state index contributed by atoms with van der Waals surface area (Å²) in [6, 6.07) is 5.65. The van der Waals surface area contributed by atoms with Crippen LogP contribution in [0.3, 0.4) is 0 Å². The maximum Gasteiger partial charge on any atom is 0.125 e. The zero-order valence-electron chi connectivity index (χ0n) is 10.2. The lowest BCUT2D eigenvalue weighted by molar-refractivity contribution is 0.594. The van der Waals surface area contributed by atoms with Crippen molar-refractivity contribution < 1.29 is 4.21 Å². The molecule has 2 unspecified atom stereocenters. The molecule has 2 atom stereocenters. The molecule has 0 spiro atoms. The molecule has 0 aliphatic carbocycles. The zero-order chi connectivity index (χ0) is 13.3. The van der Waals surface area contributed by atoms with Crippen LogP contribution in [-0.2, 0) is 16.7 Å². The van der Waals surface area contributed by atoms with Crippen LogP contribution in [0, 0.1) is 0 Å². The van der Waals surface area contributed by atoms with Gasteiger partial charge in [-0.2, -0.15) is 0 Å². The number of rotatable bonds is 4. The second-order valence-corrected chi connectivity index (χ2v) is 6.38. The van der Waals surface area contributed by atoms with Gasteiger partial charge < -0.3 is 4.57 Å². The normalized spacial score (nSPS) is 14.9. The highest BCUT2D eigenvalue weighted by Gasteiger charge is 2.18. The van der Waals surface area contributed by atoms with Gasteiger partial charge in [-0.3, -0.25) is 4.21 Å². The largest absolute Gasteiger partial charge is 0.322 e. The topological polar surface area (TPSA) is 34.9 Å². The van der Waals surface area contributed by atoms with E-state index in [0.29, 0.717) is 16.7 Å². The Balaban J connectivity index is 2.62. The van der Waals surface area contributed by atoms with Crippen molar-refractivity contribution in [3.8, 4) is 0 Å². The van der Waals surface area contributed by atoms with E-state index in [1.807, 2.05) is 29.7 Å². The lowest BCUT2D eigenvalue weighted by atomic mass is 10.3. The summed E-state index contributed by atoms with van der Waals surface area (Å²) in [6.45, 7) is 2.00. The van der Waals surface area contributed by atoms with Crippen molar-refractivity contribution >= 4 is 45.0 Å². The van der Waals surface area contributed by atoms with Crippen molar-refractivity contribution in [2.75, 3.05) is 12.0 Å². The summed E-state index contributed by atoms with van der Waals surface area (Å²) in [5.74, 6) is 1.63. The number of fused-ring (bicyclic) bond motifs is 1. The monoisotopic (exact) mass is 304 g/mol. The number of para-hydroxylation sites is 1. The molecule has 6 heteroatoms. The lowest BCUT2D eigenvalue weighted by Gasteiger charge is -2.16. The number of aromatic nitrogens is 2. The van der Waals surface area contributed by atoms with E-state index in [9.17, 15) is 4.21 Å². The summed E-state index contributed by atoms with van der Waals surface area (Å²) in [7, 11) is -0.875. The molecule has 3 nitrogen and oxygen atoms in total. The molecular weight excluding hydrogens is 291 g/mol. The zero-order valence-corrected chi connectivity index (χ0v) is 12.5. The maximum atomic E-state index is 11.4. The minimum Gasteiger partial charge on any atom is -0.322 e. The molecule has 0 bridgehead atoms. The molecule has 0 saturated carbocycles. The number of hydrogen-bond donors (Lipinski definition) is 0. The minimum absolute atomic E-state index is 0.0504. The summed E-state index contributed by atoms with van der Waals surface area (Å²) < 4.78 is 13.4. The third-order valence-electron chi connectivity index (χ3n) is 2.77. The predicted octanol–water partition coefficient (Wildman–Crippen LogP) is 3.37. The van der Waals surface area contributed by atoms with E-state index in [1.165, 1.54) is 0 Å². The molecule has 0 amide bonds. The molecule has 2 rings (SSSR count). The van der Waals surface area contributed by atoms with E-state index in [2.05, 4.69) is 4.98 Å². The Kier molecular flexibility index (Phi) is 4.30. The third kappa shape index (κ3) is 2.56. The van der Waals surface area contributed by atoms with Crippen LogP contribution in [0.15, 0.2) is 18.2 Å². The van der Waals surface area contributed by atoms with Gasteiger partial charge in [-0.15, -0.1) is 11.6 Å². The van der Waals surface area contributed by atoms with Gasteiger partial charge in [0.1, 0.15) is 5.82 Å². The summed E-state index contributed by atoms with van der Waals surface area (Å²) >= 11 is 12.2. The summed E-state index contributed by atoms with van der Waals surface area (Å²) in [5, 5.41) is 0.644. The van der Waals surface area contributed by atoms with Gasteiger partial charge >= 0.3 is 0 Å². The van der Waals surface area contributed by atoms with Crippen LogP contribution in [0.1, 0.15) is 18.8 Å². The van der Waals surface area contributed by atoms with Gasteiger partial charge in [0.2, 0.25) is 0 Å². The highest BCUT2D eigenvalue weighted by atomic mass is 35.5. The van der Waals surface area contributed by atoms with E-state index >= 15 is 0 Å². The molecule has 0 radical (unpaired) electrons. The molecule has 18 heavy (non-hydrogen) atoms. The van der Waals surface area contributed by atoms with Crippen molar-refractivity contribution in [3.63, 3.8) is 0 Å². The lowest BCUT2D eigenvalue weighted by Crippen LogP contribution is -2.15. The van der Waals surface area contributed by atoms with Gasteiger partial charge in [0.15, 0.2) is 0 Å². The fourth-order valence-corrected chi connectivity index (χ4v) is 3.42. The second-order valence-electron chi connectivity index (χ2n) is 4.23. The van der Waals surface area contributed by atoms with Gasteiger partial charge in [0.25, 0.3) is 0 Å². The van der Waals surface area contributed by atoms with Crippen LogP contribution >= 0.6 is 23.2 Å². The molecule has 0 fully saturated rings. The first-order valence-corrected chi connectivity index (χ1v) is 8.20. The first-order chi connectivity index (χ1) is 8.54. The van der Waals surface area contributed by atoms with E-state index < -0.39 is 10.8 Å². The van der Waals surface area contributed by atoms with Crippen LogP contribution in [0.5, 0.6) is 0 Å². The Labute approximate surface area is 119 Å².